The Morgan fingerprint density at radius 2 is 2.47 bits per heavy atom. The molecule has 1 rings (SSSR count). The van der Waals surface area contributed by atoms with E-state index in [0.29, 0.717) is 12.1 Å². The van der Waals surface area contributed by atoms with Crippen LogP contribution in [0.5, 0.6) is 0 Å². The summed E-state index contributed by atoms with van der Waals surface area (Å²) < 4.78 is 5.57. The van der Waals surface area contributed by atoms with Gasteiger partial charge in [0.25, 0.3) is 0 Å². The third-order valence-electron chi connectivity index (χ3n) is 2.84. The van der Waals surface area contributed by atoms with Gasteiger partial charge in [0.2, 0.25) is 0 Å². The summed E-state index contributed by atoms with van der Waals surface area (Å²) in [4.78, 5) is 0. The summed E-state index contributed by atoms with van der Waals surface area (Å²) in [6, 6.07) is 0.473. The molecule has 2 atom stereocenters. The minimum atomic E-state index is 0.430. The van der Waals surface area contributed by atoms with Crippen LogP contribution in [-0.4, -0.2) is 43.9 Å². The van der Waals surface area contributed by atoms with E-state index in [0.717, 1.165) is 19.7 Å². The van der Waals surface area contributed by atoms with Crippen molar-refractivity contribution in [3.8, 4) is 0 Å². The summed E-state index contributed by atoms with van der Waals surface area (Å²) in [6.07, 6.45) is 7.43. The number of nitrogens with one attached hydrogen (secondary N) is 1. The fourth-order valence-electron chi connectivity index (χ4n) is 1.88. The van der Waals surface area contributed by atoms with E-state index in [1.807, 2.05) is 11.8 Å². The fourth-order valence-corrected chi connectivity index (χ4v) is 2.34. The van der Waals surface area contributed by atoms with E-state index in [-0.39, 0.29) is 0 Å². The second-order valence-corrected chi connectivity index (χ2v) is 5.10. The Labute approximate surface area is 97.5 Å². The molecule has 3 nitrogen and oxygen atoms in total. The first-order chi connectivity index (χ1) is 7.36. The van der Waals surface area contributed by atoms with Crippen LogP contribution in [0.15, 0.2) is 0 Å². The number of rotatable bonds is 8. The van der Waals surface area contributed by atoms with Gasteiger partial charge in [-0.1, -0.05) is 0 Å². The van der Waals surface area contributed by atoms with Crippen molar-refractivity contribution in [2.75, 3.05) is 31.7 Å². The van der Waals surface area contributed by atoms with E-state index in [4.69, 9.17) is 10.5 Å². The minimum absolute atomic E-state index is 0.430. The van der Waals surface area contributed by atoms with Gasteiger partial charge in [-0.15, -0.1) is 0 Å². The minimum Gasteiger partial charge on any atom is -0.377 e. The molecule has 1 saturated heterocycles. The first-order valence-corrected chi connectivity index (χ1v) is 7.30. The maximum atomic E-state index is 5.73. The average Bonchev–Trinajstić information content (AvgIpc) is 2.76. The monoisotopic (exact) mass is 232 g/mol. The highest BCUT2D eigenvalue weighted by Gasteiger charge is 2.16. The van der Waals surface area contributed by atoms with Crippen molar-refractivity contribution < 1.29 is 4.74 Å². The second kappa shape index (κ2) is 8.39. The molecule has 4 heteroatoms. The highest BCUT2D eigenvalue weighted by molar-refractivity contribution is 7.98. The topological polar surface area (TPSA) is 47.3 Å². The van der Waals surface area contributed by atoms with Gasteiger partial charge in [-0.05, 0) is 37.7 Å². The Morgan fingerprint density at radius 3 is 3.07 bits per heavy atom. The zero-order valence-electron chi connectivity index (χ0n) is 9.71. The molecule has 0 radical (unpaired) electrons. The second-order valence-electron chi connectivity index (χ2n) is 4.11. The van der Waals surface area contributed by atoms with Gasteiger partial charge in [-0.25, -0.2) is 0 Å². The van der Waals surface area contributed by atoms with E-state index < -0.39 is 0 Å². The first-order valence-electron chi connectivity index (χ1n) is 5.90. The molecule has 0 aromatic heterocycles. The van der Waals surface area contributed by atoms with Crippen LogP contribution in [0.25, 0.3) is 0 Å². The lowest BCUT2D eigenvalue weighted by Crippen LogP contribution is -2.40. The molecule has 0 aromatic carbocycles. The average molecular weight is 232 g/mol. The molecule has 3 N–H and O–H groups in total. The van der Waals surface area contributed by atoms with E-state index in [9.17, 15) is 0 Å². The van der Waals surface area contributed by atoms with Gasteiger partial charge in [-0.3, -0.25) is 0 Å². The van der Waals surface area contributed by atoms with Crippen LogP contribution in [-0.2, 0) is 4.74 Å². The Kier molecular flexibility index (Phi) is 7.44. The van der Waals surface area contributed by atoms with Gasteiger partial charge in [0, 0.05) is 25.7 Å². The van der Waals surface area contributed by atoms with Crippen molar-refractivity contribution >= 4 is 11.8 Å². The predicted molar refractivity (Wildman–Crippen MR) is 67.4 cm³/mol. The van der Waals surface area contributed by atoms with Gasteiger partial charge in [0.15, 0.2) is 0 Å². The molecule has 0 aliphatic carbocycles. The van der Waals surface area contributed by atoms with Crippen molar-refractivity contribution in [1.82, 2.24) is 5.32 Å². The van der Waals surface area contributed by atoms with Gasteiger partial charge in [-0.2, -0.15) is 11.8 Å². The van der Waals surface area contributed by atoms with Crippen LogP contribution >= 0.6 is 11.8 Å². The molecule has 0 spiro atoms. The van der Waals surface area contributed by atoms with Crippen LogP contribution in [0.3, 0.4) is 0 Å². The zero-order valence-corrected chi connectivity index (χ0v) is 10.5. The SMILES string of the molecule is CSCCCC(CN)NCC1CCCO1. The van der Waals surface area contributed by atoms with E-state index in [2.05, 4.69) is 11.6 Å². The zero-order chi connectivity index (χ0) is 10.9. The smallest absolute Gasteiger partial charge is 0.0700 e. The lowest BCUT2D eigenvalue weighted by molar-refractivity contribution is 0.107. The molecule has 90 valence electrons. The number of hydrogen-bond acceptors (Lipinski definition) is 4. The molecule has 2 unspecified atom stereocenters. The summed E-state index contributed by atoms with van der Waals surface area (Å²) in [6.45, 7) is 2.65. The molecule has 0 saturated carbocycles. The van der Waals surface area contributed by atoms with Crippen molar-refractivity contribution in [3.05, 3.63) is 0 Å². The number of nitrogens with two attached hydrogens (primary N) is 1. The highest BCUT2D eigenvalue weighted by Crippen LogP contribution is 2.11. The molecular formula is C11H24N2OS. The molecule has 0 bridgehead atoms. The quantitative estimate of drug-likeness (QED) is 0.618. The largest absolute Gasteiger partial charge is 0.377 e. The summed E-state index contributed by atoms with van der Waals surface area (Å²) in [5, 5.41) is 3.51. The maximum Gasteiger partial charge on any atom is 0.0700 e. The van der Waals surface area contributed by atoms with Gasteiger partial charge < -0.3 is 15.8 Å². The molecule has 1 aliphatic heterocycles. The summed E-state index contributed by atoms with van der Waals surface area (Å²) in [5.41, 5.74) is 5.73. The fraction of sp³-hybridized carbons (Fsp3) is 1.00. The Hall–Kier alpha value is 0.230. The van der Waals surface area contributed by atoms with Crippen molar-refractivity contribution in [3.63, 3.8) is 0 Å². The summed E-state index contributed by atoms with van der Waals surface area (Å²) in [5.74, 6) is 1.23. The van der Waals surface area contributed by atoms with Crippen LogP contribution in [0.2, 0.25) is 0 Å². The standard InChI is InChI=1S/C11H24N2OS/c1-15-7-3-4-10(8-12)13-9-11-5-2-6-14-11/h10-11,13H,2-9,12H2,1H3. The molecule has 1 heterocycles. The van der Waals surface area contributed by atoms with Crippen LogP contribution < -0.4 is 11.1 Å². The predicted octanol–water partition coefficient (Wildman–Crippen LogP) is 1.23. The third kappa shape index (κ3) is 5.76. The maximum absolute atomic E-state index is 5.73. The Morgan fingerprint density at radius 1 is 1.60 bits per heavy atom. The van der Waals surface area contributed by atoms with Gasteiger partial charge in [0.1, 0.15) is 0 Å². The summed E-state index contributed by atoms with van der Waals surface area (Å²) >= 11 is 1.90. The molecule has 1 fully saturated rings. The van der Waals surface area contributed by atoms with Crippen LogP contribution in [0.1, 0.15) is 25.7 Å². The van der Waals surface area contributed by atoms with Gasteiger partial charge in [0.05, 0.1) is 6.10 Å². The highest BCUT2D eigenvalue weighted by atomic mass is 32.2. The van der Waals surface area contributed by atoms with Crippen LogP contribution in [0, 0.1) is 0 Å². The van der Waals surface area contributed by atoms with Crippen LogP contribution in [0.4, 0.5) is 0 Å². The van der Waals surface area contributed by atoms with Gasteiger partial charge >= 0.3 is 0 Å². The molecule has 15 heavy (non-hydrogen) atoms. The van der Waals surface area contributed by atoms with Crippen molar-refractivity contribution in [1.29, 1.82) is 0 Å². The molecule has 1 aliphatic rings. The summed E-state index contributed by atoms with van der Waals surface area (Å²) in [7, 11) is 0. The molecule has 0 aromatic rings. The Balaban J connectivity index is 2.04. The lowest BCUT2D eigenvalue weighted by Gasteiger charge is -2.19. The number of ether oxygens (including phenoxy) is 1. The number of hydrogen-bond donors (Lipinski definition) is 2. The Bertz CT molecular complexity index is 152. The first kappa shape index (κ1) is 13.3. The molecule has 0 amide bonds. The number of thioether (sulfide) groups is 1. The molecular weight excluding hydrogens is 208 g/mol. The lowest BCUT2D eigenvalue weighted by atomic mass is 10.1. The van der Waals surface area contributed by atoms with Crippen molar-refractivity contribution in [2.45, 2.75) is 37.8 Å². The van der Waals surface area contributed by atoms with E-state index in [1.165, 1.54) is 31.4 Å². The normalized spacial score (nSPS) is 23.2. The van der Waals surface area contributed by atoms with E-state index in [1.54, 1.807) is 0 Å². The third-order valence-corrected chi connectivity index (χ3v) is 3.54. The van der Waals surface area contributed by atoms with E-state index >= 15 is 0 Å². The van der Waals surface area contributed by atoms with Crippen molar-refractivity contribution in [2.24, 2.45) is 5.73 Å².